The summed E-state index contributed by atoms with van der Waals surface area (Å²) in [5.74, 6) is 1.00. The second-order valence-corrected chi connectivity index (χ2v) is 4.38. The van der Waals surface area contributed by atoms with Gasteiger partial charge in [-0.3, -0.25) is 0 Å². The Morgan fingerprint density at radius 2 is 1.89 bits per heavy atom. The molecule has 1 aromatic carbocycles. The molecule has 0 unspecified atom stereocenters. The van der Waals surface area contributed by atoms with Crippen LogP contribution < -0.4 is 10.2 Å². The third-order valence-electron chi connectivity index (χ3n) is 3.05. The lowest BCUT2D eigenvalue weighted by molar-refractivity contribution is 0.725. The lowest BCUT2D eigenvalue weighted by Gasteiger charge is -2.22. The molecule has 0 aliphatic rings. The molecule has 1 heterocycles. The standard InChI is InChI=1S/C16H21N3/c1-3-17-13-14-10-11-18-16(12-14)19(4-2)15-8-6-5-7-9-15/h5-12,17H,3-4,13H2,1-2H3. The SMILES string of the molecule is CCNCc1ccnc(N(CC)c2ccccc2)c1. The van der Waals surface area contributed by atoms with Gasteiger partial charge in [0.25, 0.3) is 0 Å². The molecule has 0 aliphatic heterocycles. The first-order valence-corrected chi connectivity index (χ1v) is 6.83. The lowest BCUT2D eigenvalue weighted by Crippen LogP contribution is -2.18. The lowest BCUT2D eigenvalue weighted by atomic mass is 10.2. The molecule has 0 aliphatic carbocycles. The van der Waals surface area contributed by atoms with Crippen molar-refractivity contribution in [2.24, 2.45) is 0 Å². The van der Waals surface area contributed by atoms with E-state index < -0.39 is 0 Å². The van der Waals surface area contributed by atoms with Crippen LogP contribution in [0.3, 0.4) is 0 Å². The summed E-state index contributed by atoms with van der Waals surface area (Å²) in [6.45, 7) is 7.03. The van der Waals surface area contributed by atoms with E-state index in [0.29, 0.717) is 0 Å². The molecule has 0 amide bonds. The van der Waals surface area contributed by atoms with Crippen molar-refractivity contribution in [3.63, 3.8) is 0 Å². The van der Waals surface area contributed by atoms with Crippen molar-refractivity contribution in [3.05, 3.63) is 54.2 Å². The van der Waals surface area contributed by atoms with Crippen molar-refractivity contribution in [2.45, 2.75) is 20.4 Å². The Balaban J connectivity index is 2.23. The van der Waals surface area contributed by atoms with Gasteiger partial charge in [-0.05, 0) is 43.3 Å². The molecule has 2 aromatic rings. The summed E-state index contributed by atoms with van der Waals surface area (Å²) in [5.41, 5.74) is 2.44. The van der Waals surface area contributed by atoms with Gasteiger partial charge >= 0.3 is 0 Å². The zero-order valence-electron chi connectivity index (χ0n) is 11.6. The number of hydrogen-bond donors (Lipinski definition) is 1. The number of para-hydroxylation sites is 1. The van der Waals surface area contributed by atoms with E-state index in [-0.39, 0.29) is 0 Å². The molecule has 2 rings (SSSR count). The van der Waals surface area contributed by atoms with E-state index in [4.69, 9.17) is 0 Å². The molecular weight excluding hydrogens is 234 g/mol. The number of rotatable bonds is 6. The maximum Gasteiger partial charge on any atom is 0.133 e. The molecule has 0 fully saturated rings. The number of anilines is 2. The van der Waals surface area contributed by atoms with Crippen molar-refractivity contribution < 1.29 is 0 Å². The van der Waals surface area contributed by atoms with Crippen LogP contribution >= 0.6 is 0 Å². The molecule has 0 bridgehead atoms. The quantitative estimate of drug-likeness (QED) is 0.858. The van der Waals surface area contributed by atoms with E-state index in [2.05, 4.69) is 65.4 Å². The first-order valence-electron chi connectivity index (χ1n) is 6.83. The van der Waals surface area contributed by atoms with Crippen LogP contribution in [0.15, 0.2) is 48.7 Å². The zero-order valence-corrected chi connectivity index (χ0v) is 11.6. The molecule has 0 spiro atoms. The topological polar surface area (TPSA) is 28.2 Å². The van der Waals surface area contributed by atoms with Crippen LogP contribution in [-0.4, -0.2) is 18.1 Å². The molecule has 3 heteroatoms. The largest absolute Gasteiger partial charge is 0.327 e. The minimum absolute atomic E-state index is 0.887. The summed E-state index contributed by atoms with van der Waals surface area (Å²) in [5, 5.41) is 3.34. The van der Waals surface area contributed by atoms with Crippen molar-refractivity contribution in [3.8, 4) is 0 Å². The zero-order chi connectivity index (χ0) is 13.5. The van der Waals surface area contributed by atoms with E-state index >= 15 is 0 Å². The molecule has 1 N–H and O–H groups in total. The first kappa shape index (κ1) is 13.6. The van der Waals surface area contributed by atoms with Crippen LogP contribution in [0.4, 0.5) is 11.5 Å². The van der Waals surface area contributed by atoms with Gasteiger partial charge in [-0.15, -0.1) is 0 Å². The molecule has 100 valence electrons. The summed E-state index contributed by atoms with van der Waals surface area (Å²) >= 11 is 0. The molecule has 0 saturated carbocycles. The number of benzene rings is 1. The minimum Gasteiger partial charge on any atom is -0.327 e. The van der Waals surface area contributed by atoms with Crippen molar-refractivity contribution in [1.82, 2.24) is 10.3 Å². The predicted octanol–water partition coefficient (Wildman–Crippen LogP) is 3.35. The number of hydrogen-bond acceptors (Lipinski definition) is 3. The van der Waals surface area contributed by atoms with E-state index in [1.54, 1.807) is 0 Å². The summed E-state index contributed by atoms with van der Waals surface area (Å²) in [6.07, 6.45) is 1.88. The third kappa shape index (κ3) is 3.55. The Hall–Kier alpha value is -1.87. The molecule has 1 aromatic heterocycles. The van der Waals surface area contributed by atoms with Gasteiger partial charge in [0.05, 0.1) is 0 Å². The molecule has 0 radical (unpaired) electrons. The summed E-state index contributed by atoms with van der Waals surface area (Å²) in [6, 6.07) is 14.6. The highest BCUT2D eigenvalue weighted by molar-refractivity contribution is 5.60. The fourth-order valence-corrected chi connectivity index (χ4v) is 2.07. The first-order chi connectivity index (χ1) is 9.35. The van der Waals surface area contributed by atoms with Gasteiger partial charge in [-0.25, -0.2) is 4.98 Å². The van der Waals surface area contributed by atoms with Crippen molar-refractivity contribution in [1.29, 1.82) is 0 Å². The molecule has 3 nitrogen and oxygen atoms in total. The van der Waals surface area contributed by atoms with Crippen LogP contribution in [0, 0.1) is 0 Å². The third-order valence-corrected chi connectivity index (χ3v) is 3.05. The van der Waals surface area contributed by atoms with E-state index in [9.17, 15) is 0 Å². The minimum atomic E-state index is 0.887. The Morgan fingerprint density at radius 3 is 2.58 bits per heavy atom. The normalized spacial score (nSPS) is 10.4. The number of nitrogens with one attached hydrogen (secondary N) is 1. The van der Waals surface area contributed by atoms with Gasteiger partial charge in [-0.2, -0.15) is 0 Å². The molecular formula is C16H21N3. The summed E-state index contributed by atoms with van der Waals surface area (Å²) < 4.78 is 0. The fourth-order valence-electron chi connectivity index (χ4n) is 2.07. The van der Waals surface area contributed by atoms with Crippen LogP contribution in [0.1, 0.15) is 19.4 Å². The van der Waals surface area contributed by atoms with Crippen LogP contribution in [0.25, 0.3) is 0 Å². The average molecular weight is 255 g/mol. The second kappa shape index (κ2) is 6.90. The molecule has 19 heavy (non-hydrogen) atoms. The van der Waals surface area contributed by atoms with Gasteiger partial charge in [0.15, 0.2) is 0 Å². The number of nitrogens with zero attached hydrogens (tertiary/aromatic N) is 2. The van der Waals surface area contributed by atoms with Gasteiger partial charge in [0.1, 0.15) is 5.82 Å². The number of aromatic nitrogens is 1. The maximum absolute atomic E-state index is 4.49. The monoisotopic (exact) mass is 255 g/mol. The van der Waals surface area contributed by atoms with Gasteiger partial charge in [-0.1, -0.05) is 25.1 Å². The van der Waals surface area contributed by atoms with Crippen LogP contribution in [0.2, 0.25) is 0 Å². The Labute approximate surface area is 115 Å². The Kier molecular flexibility index (Phi) is 4.93. The van der Waals surface area contributed by atoms with E-state index in [0.717, 1.165) is 25.5 Å². The Bertz CT molecular complexity index is 496. The predicted molar refractivity (Wildman–Crippen MR) is 80.7 cm³/mol. The van der Waals surface area contributed by atoms with E-state index in [1.165, 1.54) is 11.3 Å². The van der Waals surface area contributed by atoms with Gasteiger partial charge in [0, 0.05) is 25.0 Å². The summed E-state index contributed by atoms with van der Waals surface area (Å²) in [4.78, 5) is 6.71. The smallest absolute Gasteiger partial charge is 0.133 e. The number of pyridine rings is 1. The van der Waals surface area contributed by atoms with Gasteiger partial charge < -0.3 is 10.2 Å². The van der Waals surface area contributed by atoms with Crippen LogP contribution in [-0.2, 0) is 6.54 Å². The van der Waals surface area contributed by atoms with Crippen molar-refractivity contribution in [2.75, 3.05) is 18.0 Å². The second-order valence-electron chi connectivity index (χ2n) is 4.38. The highest BCUT2D eigenvalue weighted by Crippen LogP contribution is 2.23. The average Bonchev–Trinajstić information content (AvgIpc) is 2.47. The highest BCUT2D eigenvalue weighted by Gasteiger charge is 2.08. The van der Waals surface area contributed by atoms with Crippen molar-refractivity contribution >= 4 is 11.5 Å². The van der Waals surface area contributed by atoms with E-state index in [1.807, 2.05) is 12.3 Å². The maximum atomic E-state index is 4.49. The molecule has 0 saturated heterocycles. The van der Waals surface area contributed by atoms with Gasteiger partial charge in [0.2, 0.25) is 0 Å². The summed E-state index contributed by atoms with van der Waals surface area (Å²) in [7, 11) is 0. The highest BCUT2D eigenvalue weighted by atomic mass is 15.2. The Morgan fingerprint density at radius 1 is 1.11 bits per heavy atom. The fraction of sp³-hybridized carbons (Fsp3) is 0.312. The van der Waals surface area contributed by atoms with Crippen LogP contribution in [0.5, 0.6) is 0 Å². The molecule has 0 atom stereocenters.